The molecule has 132 valence electrons. The molecule has 2 N–H and O–H groups in total. The zero-order valence-corrected chi connectivity index (χ0v) is 14.9. The third-order valence-electron chi connectivity index (χ3n) is 4.65. The molecule has 2 aliphatic rings. The summed E-state index contributed by atoms with van der Waals surface area (Å²) in [4.78, 5) is 26.8. The highest BCUT2D eigenvalue weighted by atomic mass is 32.2. The summed E-state index contributed by atoms with van der Waals surface area (Å²) < 4.78 is 4.93. The van der Waals surface area contributed by atoms with Gasteiger partial charge < -0.3 is 20.1 Å². The number of fused-ring (bicyclic) bond motifs is 2. The first-order chi connectivity index (χ1) is 11.5. The van der Waals surface area contributed by atoms with Crippen LogP contribution in [-0.2, 0) is 9.59 Å². The Balaban J connectivity index is 1.49. The summed E-state index contributed by atoms with van der Waals surface area (Å²) in [6, 6.07) is 2.34. The van der Waals surface area contributed by atoms with E-state index in [0.29, 0.717) is 29.4 Å². The summed E-state index contributed by atoms with van der Waals surface area (Å²) in [5, 5.41) is 9.52. The smallest absolute Gasteiger partial charge is 0.238 e. The molecular formula is C16H24N4O3S. The molecular weight excluding hydrogens is 328 g/mol. The van der Waals surface area contributed by atoms with Crippen molar-refractivity contribution in [1.29, 1.82) is 0 Å². The fourth-order valence-corrected chi connectivity index (χ4v) is 4.14. The molecule has 0 aromatic carbocycles. The number of aryl methyl sites for hydroxylation is 1. The molecule has 1 aromatic heterocycles. The molecule has 0 aliphatic carbocycles. The maximum atomic E-state index is 12.6. The van der Waals surface area contributed by atoms with Crippen molar-refractivity contribution in [2.45, 2.75) is 50.4 Å². The fraction of sp³-hybridized carbons (Fsp3) is 0.688. The molecule has 2 saturated heterocycles. The van der Waals surface area contributed by atoms with Crippen LogP contribution in [0.1, 0.15) is 31.9 Å². The minimum atomic E-state index is -0.325. The minimum Gasteiger partial charge on any atom is -0.360 e. The van der Waals surface area contributed by atoms with Crippen molar-refractivity contribution >= 4 is 29.4 Å². The van der Waals surface area contributed by atoms with E-state index < -0.39 is 0 Å². The van der Waals surface area contributed by atoms with Crippen LogP contribution in [0.25, 0.3) is 0 Å². The fourth-order valence-electron chi connectivity index (χ4n) is 3.39. The SMILES string of the molecule is Cc1cc(NC(=O)C(C)SCC(=O)N2C3CCNCC2CC3)no1. The molecule has 24 heavy (non-hydrogen) atoms. The van der Waals surface area contributed by atoms with Gasteiger partial charge in [-0.1, -0.05) is 5.16 Å². The molecule has 8 heteroatoms. The minimum absolute atomic E-state index is 0.146. The standard InChI is InChI=1S/C16H24N4O3S/c1-10-7-14(19-23-10)18-16(22)11(2)24-9-15(21)20-12-3-4-13(20)8-17-6-5-12/h7,11-13,17H,3-6,8-9H2,1-2H3,(H,18,19,22). The van der Waals surface area contributed by atoms with Gasteiger partial charge in [0.1, 0.15) is 5.76 Å². The van der Waals surface area contributed by atoms with Crippen LogP contribution in [0.4, 0.5) is 5.82 Å². The van der Waals surface area contributed by atoms with Gasteiger partial charge in [0.15, 0.2) is 5.82 Å². The first kappa shape index (κ1) is 17.3. The quantitative estimate of drug-likeness (QED) is 0.833. The number of carbonyl (C=O) groups excluding carboxylic acids is 2. The Morgan fingerprint density at radius 1 is 1.46 bits per heavy atom. The Labute approximate surface area is 145 Å². The van der Waals surface area contributed by atoms with Crippen molar-refractivity contribution < 1.29 is 14.1 Å². The van der Waals surface area contributed by atoms with Gasteiger partial charge >= 0.3 is 0 Å². The van der Waals surface area contributed by atoms with Gasteiger partial charge in [0.25, 0.3) is 0 Å². The number of amides is 2. The number of nitrogens with zero attached hydrogens (tertiary/aromatic N) is 2. The number of hydrogen-bond donors (Lipinski definition) is 2. The molecule has 2 aliphatic heterocycles. The number of thioether (sulfide) groups is 1. The molecule has 0 spiro atoms. The average molecular weight is 352 g/mol. The third-order valence-corrected chi connectivity index (χ3v) is 5.78. The molecule has 2 bridgehead atoms. The zero-order valence-electron chi connectivity index (χ0n) is 14.1. The number of carbonyl (C=O) groups is 2. The number of rotatable bonds is 5. The van der Waals surface area contributed by atoms with E-state index in [1.54, 1.807) is 19.9 Å². The molecule has 2 fully saturated rings. The largest absolute Gasteiger partial charge is 0.360 e. The number of nitrogens with one attached hydrogen (secondary N) is 2. The van der Waals surface area contributed by atoms with E-state index in [2.05, 4.69) is 20.7 Å². The van der Waals surface area contributed by atoms with Crippen molar-refractivity contribution in [1.82, 2.24) is 15.4 Å². The highest BCUT2D eigenvalue weighted by molar-refractivity contribution is 8.01. The lowest BCUT2D eigenvalue weighted by molar-refractivity contribution is -0.130. The average Bonchev–Trinajstić information content (AvgIpc) is 3.06. The highest BCUT2D eigenvalue weighted by Gasteiger charge is 2.37. The van der Waals surface area contributed by atoms with Crippen LogP contribution in [0.15, 0.2) is 10.6 Å². The Morgan fingerprint density at radius 3 is 3.00 bits per heavy atom. The van der Waals surface area contributed by atoms with Crippen LogP contribution >= 0.6 is 11.8 Å². The predicted molar refractivity (Wildman–Crippen MR) is 92.9 cm³/mol. The molecule has 7 nitrogen and oxygen atoms in total. The first-order valence-corrected chi connectivity index (χ1v) is 9.47. The van der Waals surface area contributed by atoms with Gasteiger partial charge in [-0.3, -0.25) is 9.59 Å². The van der Waals surface area contributed by atoms with E-state index in [-0.39, 0.29) is 17.1 Å². The molecule has 0 saturated carbocycles. The van der Waals surface area contributed by atoms with Gasteiger partial charge in [-0.25, -0.2) is 0 Å². The van der Waals surface area contributed by atoms with E-state index in [0.717, 1.165) is 32.4 Å². The van der Waals surface area contributed by atoms with Crippen molar-refractivity contribution in [3.8, 4) is 0 Å². The van der Waals surface area contributed by atoms with Crippen LogP contribution in [0.3, 0.4) is 0 Å². The van der Waals surface area contributed by atoms with Crippen molar-refractivity contribution in [3.63, 3.8) is 0 Å². The van der Waals surface area contributed by atoms with E-state index >= 15 is 0 Å². The maximum absolute atomic E-state index is 12.6. The molecule has 1 aromatic rings. The summed E-state index contributed by atoms with van der Waals surface area (Å²) in [6.07, 6.45) is 3.20. The Hall–Kier alpha value is -1.54. The lowest BCUT2D eigenvalue weighted by Gasteiger charge is -2.28. The summed E-state index contributed by atoms with van der Waals surface area (Å²) >= 11 is 1.37. The third kappa shape index (κ3) is 3.92. The van der Waals surface area contributed by atoms with Crippen molar-refractivity contribution in [2.24, 2.45) is 0 Å². The second kappa shape index (κ2) is 7.57. The van der Waals surface area contributed by atoms with Gasteiger partial charge in [0, 0.05) is 24.7 Å². The molecule has 3 heterocycles. The first-order valence-electron chi connectivity index (χ1n) is 8.42. The second-order valence-electron chi connectivity index (χ2n) is 6.44. The molecule has 0 radical (unpaired) electrons. The Morgan fingerprint density at radius 2 is 2.25 bits per heavy atom. The number of hydrogen-bond acceptors (Lipinski definition) is 6. The van der Waals surface area contributed by atoms with Gasteiger partial charge in [-0.2, -0.15) is 0 Å². The summed E-state index contributed by atoms with van der Waals surface area (Å²) in [7, 11) is 0. The van der Waals surface area contributed by atoms with E-state index in [4.69, 9.17) is 4.52 Å². The van der Waals surface area contributed by atoms with Crippen molar-refractivity contribution in [2.75, 3.05) is 24.2 Å². The lowest BCUT2D eigenvalue weighted by Crippen LogP contribution is -2.43. The summed E-state index contributed by atoms with van der Waals surface area (Å²) in [6.45, 7) is 5.44. The highest BCUT2D eigenvalue weighted by Crippen LogP contribution is 2.29. The molecule has 3 atom stereocenters. The van der Waals surface area contributed by atoms with E-state index in [1.807, 2.05) is 0 Å². The molecule has 3 rings (SSSR count). The summed E-state index contributed by atoms with van der Waals surface area (Å²) in [5.41, 5.74) is 0. The van der Waals surface area contributed by atoms with Gasteiger partial charge in [-0.15, -0.1) is 11.8 Å². The van der Waals surface area contributed by atoms with Crippen molar-refractivity contribution in [3.05, 3.63) is 11.8 Å². The van der Waals surface area contributed by atoms with E-state index in [1.165, 1.54) is 11.8 Å². The predicted octanol–water partition coefficient (Wildman–Crippen LogP) is 1.40. The number of aromatic nitrogens is 1. The lowest BCUT2D eigenvalue weighted by atomic mass is 10.1. The van der Waals surface area contributed by atoms with Gasteiger partial charge in [0.05, 0.1) is 11.0 Å². The number of anilines is 1. The summed E-state index contributed by atoms with van der Waals surface area (Å²) in [5.74, 6) is 1.37. The second-order valence-corrected chi connectivity index (χ2v) is 7.77. The normalized spacial score (nSPS) is 24.5. The van der Waals surface area contributed by atoms with Crippen LogP contribution < -0.4 is 10.6 Å². The topological polar surface area (TPSA) is 87.5 Å². The van der Waals surface area contributed by atoms with Crippen LogP contribution in [0.5, 0.6) is 0 Å². The maximum Gasteiger partial charge on any atom is 0.238 e. The van der Waals surface area contributed by atoms with Crippen LogP contribution in [-0.4, -0.2) is 58.0 Å². The van der Waals surface area contributed by atoms with Crippen LogP contribution in [0, 0.1) is 6.92 Å². The molecule has 2 amide bonds. The van der Waals surface area contributed by atoms with Gasteiger partial charge in [-0.05, 0) is 39.7 Å². The Bertz CT molecular complexity index is 592. The van der Waals surface area contributed by atoms with E-state index in [9.17, 15) is 9.59 Å². The Kier molecular flexibility index (Phi) is 5.45. The van der Waals surface area contributed by atoms with Crippen LogP contribution in [0.2, 0.25) is 0 Å². The monoisotopic (exact) mass is 352 g/mol. The van der Waals surface area contributed by atoms with Gasteiger partial charge in [0.2, 0.25) is 11.8 Å². The molecule has 3 unspecified atom stereocenters. The zero-order chi connectivity index (χ0) is 17.1.